The zero-order valence-corrected chi connectivity index (χ0v) is 22.8. The third-order valence-corrected chi connectivity index (χ3v) is 7.40. The van der Waals surface area contributed by atoms with Gasteiger partial charge >= 0.3 is 11.9 Å². The van der Waals surface area contributed by atoms with Crippen molar-refractivity contribution in [2.24, 2.45) is 4.99 Å². The van der Waals surface area contributed by atoms with Crippen LogP contribution in [0.1, 0.15) is 41.6 Å². The number of furan rings is 1. The van der Waals surface area contributed by atoms with E-state index in [0.717, 1.165) is 5.56 Å². The molecule has 5 rings (SSSR count). The van der Waals surface area contributed by atoms with E-state index in [1.54, 1.807) is 50.3 Å². The molecule has 0 radical (unpaired) electrons. The van der Waals surface area contributed by atoms with E-state index in [2.05, 4.69) is 4.99 Å². The van der Waals surface area contributed by atoms with E-state index in [1.807, 2.05) is 30.3 Å². The topological polar surface area (TPSA) is 100 Å². The number of benzene rings is 2. The van der Waals surface area contributed by atoms with Crippen LogP contribution in [-0.4, -0.2) is 30.2 Å². The molecule has 1 aliphatic heterocycles. The lowest BCUT2D eigenvalue weighted by atomic mass is 9.96. The Kier molecular flexibility index (Phi) is 7.36. The molecular formula is C29H23ClN2O6S. The number of carbonyl (C=O) groups is 2. The van der Waals surface area contributed by atoms with Crippen molar-refractivity contribution in [2.75, 3.05) is 13.7 Å². The van der Waals surface area contributed by atoms with Crippen molar-refractivity contribution in [1.29, 1.82) is 0 Å². The Morgan fingerprint density at radius 2 is 1.90 bits per heavy atom. The predicted molar refractivity (Wildman–Crippen MR) is 147 cm³/mol. The summed E-state index contributed by atoms with van der Waals surface area (Å²) in [5.74, 6) is -0.259. The van der Waals surface area contributed by atoms with E-state index in [4.69, 9.17) is 25.5 Å². The monoisotopic (exact) mass is 562 g/mol. The molecule has 2 aromatic carbocycles. The fourth-order valence-corrected chi connectivity index (χ4v) is 5.65. The van der Waals surface area contributed by atoms with Crippen LogP contribution >= 0.6 is 22.9 Å². The molecule has 0 spiro atoms. The van der Waals surface area contributed by atoms with Gasteiger partial charge in [0.05, 0.1) is 41.1 Å². The van der Waals surface area contributed by atoms with Crippen LogP contribution in [0.15, 0.2) is 86.1 Å². The van der Waals surface area contributed by atoms with Crippen LogP contribution in [0.5, 0.6) is 0 Å². The van der Waals surface area contributed by atoms with Gasteiger partial charge in [0, 0.05) is 16.7 Å². The Balaban J connectivity index is 1.62. The molecule has 1 atom stereocenters. The summed E-state index contributed by atoms with van der Waals surface area (Å²) < 4.78 is 18.1. The molecule has 198 valence electrons. The molecule has 0 amide bonds. The van der Waals surface area contributed by atoms with Crippen molar-refractivity contribution in [3.05, 3.63) is 114 Å². The lowest BCUT2D eigenvalue weighted by Crippen LogP contribution is -2.39. The Hall–Kier alpha value is -4.21. The summed E-state index contributed by atoms with van der Waals surface area (Å²) in [5, 5.41) is 0.428. The maximum absolute atomic E-state index is 13.7. The van der Waals surface area contributed by atoms with Crippen LogP contribution < -0.4 is 14.9 Å². The van der Waals surface area contributed by atoms with Gasteiger partial charge < -0.3 is 13.9 Å². The average Bonchev–Trinajstić information content (AvgIpc) is 3.52. The lowest BCUT2D eigenvalue weighted by Gasteiger charge is -2.24. The molecule has 3 heterocycles. The second-order valence-electron chi connectivity index (χ2n) is 8.60. The number of nitrogens with zero attached hydrogens (tertiary/aromatic N) is 2. The number of halogens is 1. The maximum atomic E-state index is 13.7. The molecule has 0 unspecified atom stereocenters. The number of carbonyl (C=O) groups excluding carboxylic acids is 2. The van der Waals surface area contributed by atoms with Crippen LogP contribution in [-0.2, 0) is 14.3 Å². The number of aromatic nitrogens is 1. The molecule has 0 aliphatic carbocycles. The SMILES string of the molecule is CCOC(=O)C1=C(C)N=c2s/c(=C/c3ccc(-c4cc(Cl)ccc4C(=O)OC)o3)c(=O)n2[C@H]1c1ccccc1. The van der Waals surface area contributed by atoms with Crippen molar-refractivity contribution in [3.8, 4) is 11.3 Å². The highest BCUT2D eigenvalue weighted by molar-refractivity contribution is 7.07. The van der Waals surface area contributed by atoms with E-state index in [-0.39, 0.29) is 12.2 Å². The number of ether oxygens (including phenoxy) is 2. The number of allylic oxidation sites excluding steroid dienone is 1. The lowest BCUT2D eigenvalue weighted by molar-refractivity contribution is -0.139. The third-order valence-electron chi connectivity index (χ3n) is 6.18. The van der Waals surface area contributed by atoms with E-state index in [9.17, 15) is 14.4 Å². The normalized spacial score (nSPS) is 15.1. The zero-order chi connectivity index (χ0) is 27.7. The highest BCUT2D eigenvalue weighted by Gasteiger charge is 2.33. The van der Waals surface area contributed by atoms with Crippen LogP contribution in [0, 0.1) is 0 Å². The van der Waals surface area contributed by atoms with Crippen LogP contribution in [0.3, 0.4) is 0 Å². The van der Waals surface area contributed by atoms with Crippen molar-refractivity contribution in [1.82, 2.24) is 4.57 Å². The fourth-order valence-electron chi connectivity index (χ4n) is 4.45. The van der Waals surface area contributed by atoms with E-state index >= 15 is 0 Å². The Morgan fingerprint density at radius 1 is 1.13 bits per heavy atom. The molecule has 0 saturated carbocycles. The van der Waals surface area contributed by atoms with Gasteiger partial charge in [0.1, 0.15) is 11.5 Å². The zero-order valence-electron chi connectivity index (χ0n) is 21.3. The van der Waals surface area contributed by atoms with Crippen LogP contribution in [0.4, 0.5) is 0 Å². The summed E-state index contributed by atoms with van der Waals surface area (Å²) in [6.45, 7) is 3.67. The number of esters is 2. The number of hydrogen-bond donors (Lipinski definition) is 0. The van der Waals surface area contributed by atoms with Gasteiger partial charge in [0.25, 0.3) is 5.56 Å². The Morgan fingerprint density at radius 3 is 2.62 bits per heavy atom. The standard InChI is InChI=1S/C29H23ClN2O6S/c1-4-37-28(35)24-16(2)31-29-32(25(24)17-8-6-5-7-9-17)26(33)23(39-29)15-19-11-13-22(38-19)21-14-18(30)10-12-20(21)27(34)36-3/h5-15,25H,4H2,1-3H3/b23-15+/t25-/m0/s1. The Labute approximate surface area is 232 Å². The highest BCUT2D eigenvalue weighted by atomic mass is 35.5. The largest absolute Gasteiger partial charge is 0.465 e. The number of fused-ring (bicyclic) bond motifs is 1. The highest BCUT2D eigenvalue weighted by Crippen LogP contribution is 2.31. The molecule has 0 bridgehead atoms. The van der Waals surface area contributed by atoms with Gasteiger partial charge in [-0.2, -0.15) is 0 Å². The minimum absolute atomic E-state index is 0.201. The minimum atomic E-state index is -0.690. The van der Waals surface area contributed by atoms with E-state index in [0.29, 0.717) is 48.3 Å². The summed E-state index contributed by atoms with van der Waals surface area (Å²) >= 11 is 7.36. The van der Waals surface area contributed by atoms with Crippen molar-refractivity contribution in [3.63, 3.8) is 0 Å². The minimum Gasteiger partial charge on any atom is -0.465 e. The van der Waals surface area contributed by atoms with Gasteiger partial charge in [-0.25, -0.2) is 14.6 Å². The predicted octanol–water partition coefficient (Wildman–Crippen LogP) is 4.50. The summed E-state index contributed by atoms with van der Waals surface area (Å²) in [4.78, 5) is 44.0. The maximum Gasteiger partial charge on any atom is 0.338 e. The molecular weight excluding hydrogens is 540 g/mol. The molecule has 10 heteroatoms. The molecule has 0 fully saturated rings. The summed E-state index contributed by atoms with van der Waals surface area (Å²) in [6, 6.07) is 16.8. The quantitative estimate of drug-likeness (QED) is 0.321. The first-order valence-corrected chi connectivity index (χ1v) is 13.2. The number of hydrogen-bond acceptors (Lipinski definition) is 8. The molecule has 1 aliphatic rings. The van der Waals surface area contributed by atoms with Gasteiger partial charge in [0.2, 0.25) is 0 Å². The molecule has 4 aromatic rings. The summed E-state index contributed by atoms with van der Waals surface area (Å²) in [6.07, 6.45) is 1.61. The van der Waals surface area contributed by atoms with E-state index in [1.165, 1.54) is 23.0 Å². The van der Waals surface area contributed by atoms with Crippen LogP contribution in [0.2, 0.25) is 5.02 Å². The average molecular weight is 563 g/mol. The first kappa shape index (κ1) is 26.4. The second-order valence-corrected chi connectivity index (χ2v) is 10.0. The van der Waals surface area contributed by atoms with Gasteiger partial charge in [-0.05, 0) is 49.7 Å². The van der Waals surface area contributed by atoms with Crippen molar-refractivity contribution >= 4 is 41.0 Å². The molecule has 0 N–H and O–H groups in total. The summed E-state index contributed by atoms with van der Waals surface area (Å²) in [5.41, 5.74) is 2.02. The molecule has 8 nitrogen and oxygen atoms in total. The first-order valence-electron chi connectivity index (χ1n) is 12.0. The van der Waals surface area contributed by atoms with Gasteiger partial charge in [-0.1, -0.05) is 53.3 Å². The second kappa shape index (κ2) is 10.9. The third kappa shape index (κ3) is 4.98. The van der Waals surface area contributed by atoms with E-state index < -0.39 is 18.0 Å². The Bertz CT molecular complexity index is 1800. The van der Waals surface area contributed by atoms with Gasteiger partial charge in [-0.3, -0.25) is 9.36 Å². The smallest absolute Gasteiger partial charge is 0.338 e. The van der Waals surface area contributed by atoms with Crippen molar-refractivity contribution in [2.45, 2.75) is 19.9 Å². The number of rotatable bonds is 6. The molecule has 2 aromatic heterocycles. The van der Waals surface area contributed by atoms with Crippen LogP contribution in [0.25, 0.3) is 17.4 Å². The molecule has 0 saturated heterocycles. The van der Waals surface area contributed by atoms with Gasteiger partial charge in [0.15, 0.2) is 4.80 Å². The van der Waals surface area contributed by atoms with Crippen molar-refractivity contribution < 1.29 is 23.5 Å². The molecule has 39 heavy (non-hydrogen) atoms. The first-order chi connectivity index (χ1) is 18.8. The summed E-state index contributed by atoms with van der Waals surface area (Å²) in [7, 11) is 1.30. The van der Waals surface area contributed by atoms with Gasteiger partial charge in [-0.15, -0.1) is 0 Å². The number of methoxy groups -OCH3 is 1. The number of thiazole rings is 1. The fraction of sp³-hybridized carbons (Fsp3) is 0.172.